The van der Waals surface area contributed by atoms with Crippen molar-refractivity contribution < 1.29 is 0 Å². The zero-order valence-corrected chi connectivity index (χ0v) is 46.2. The van der Waals surface area contributed by atoms with Crippen LogP contribution < -0.4 is 0 Å². The first kappa shape index (κ1) is 52.3. The van der Waals surface area contributed by atoms with Crippen molar-refractivity contribution in [1.82, 2.24) is 4.57 Å². The Hall–Kier alpha value is -1.12. The van der Waals surface area contributed by atoms with Crippen LogP contribution in [0.1, 0.15) is 285 Å². The van der Waals surface area contributed by atoms with E-state index in [0.29, 0.717) is 11.8 Å². The molecule has 1 aromatic rings. The summed E-state index contributed by atoms with van der Waals surface area (Å²) in [6.45, 7) is 33.8. The van der Waals surface area contributed by atoms with E-state index in [4.69, 9.17) is 0 Å². The van der Waals surface area contributed by atoms with Gasteiger partial charge in [-0.3, -0.25) is 0 Å². The number of hydrogen-bond acceptors (Lipinski definition) is 1. The molecule has 5 aliphatic rings. The van der Waals surface area contributed by atoms with Gasteiger partial charge in [0, 0.05) is 17.0 Å². The molecule has 0 amide bonds. The van der Waals surface area contributed by atoms with Gasteiger partial charge in [0.15, 0.2) is 0 Å². The molecule has 364 valence electrons. The van der Waals surface area contributed by atoms with Gasteiger partial charge in [0.2, 0.25) is 0 Å². The fourth-order valence-electron chi connectivity index (χ4n) is 15.7. The van der Waals surface area contributed by atoms with Gasteiger partial charge in [-0.25, -0.2) is 0 Å². The normalized spacial score (nSPS) is 26.1. The topological polar surface area (TPSA) is 3.24 Å². The molecule has 2 heteroatoms. The Kier molecular flexibility index (Phi) is 18.4. The predicted octanol–water partition coefficient (Wildman–Crippen LogP) is 19.8. The lowest BCUT2D eigenvalue weighted by Crippen LogP contribution is -2.65. The van der Waals surface area contributed by atoms with Crippen molar-refractivity contribution >= 4 is 13.8 Å². The fourth-order valence-corrected chi connectivity index (χ4v) is 21.8. The number of hydrogen-bond donors (Lipinski definition) is 0. The first-order chi connectivity index (χ1) is 30.4. The molecule has 2 fully saturated rings. The molecule has 0 N–H and O–H groups in total. The monoisotopic (exact) mass is 894 g/mol. The Morgan fingerprint density at radius 1 is 0.562 bits per heavy atom. The molecule has 1 aromatic carbocycles. The Morgan fingerprint density at radius 3 is 1.48 bits per heavy atom. The van der Waals surface area contributed by atoms with Crippen LogP contribution in [-0.4, -0.2) is 24.4 Å². The maximum atomic E-state index is 3.22. The predicted molar refractivity (Wildman–Crippen MR) is 287 cm³/mol. The highest BCUT2D eigenvalue weighted by molar-refractivity contribution is 6.76. The van der Waals surface area contributed by atoms with Crippen molar-refractivity contribution in [3.63, 3.8) is 0 Å². The minimum Gasteiger partial charge on any atom is -0.316 e. The van der Waals surface area contributed by atoms with Gasteiger partial charge < -0.3 is 4.57 Å². The lowest BCUT2D eigenvalue weighted by atomic mass is 9.61. The molecule has 64 heavy (non-hydrogen) atoms. The molecule has 5 unspecified atom stereocenters. The van der Waals surface area contributed by atoms with E-state index in [-0.39, 0.29) is 21.8 Å². The molecule has 0 aromatic heterocycles. The number of fused-ring (bicyclic) bond motifs is 5. The molecule has 2 saturated carbocycles. The second-order valence-electron chi connectivity index (χ2n) is 26.2. The third kappa shape index (κ3) is 11.5. The van der Waals surface area contributed by atoms with Crippen molar-refractivity contribution in [3.8, 4) is 0 Å². The summed E-state index contributed by atoms with van der Waals surface area (Å²) in [6, 6.07) is 6.49. The lowest BCUT2D eigenvalue weighted by Gasteiger charge is -2.56. The molecular formula is C62H107NSi. The maximum Gasteiger partial charge on any atom is 0.127 e. The van der Waals surface area contributed by atoms with Crippen LogP contribution in [-0.2, 0) is 16.2 Å². The van der Waals surface area contributed by atoms with Crippen molar-refractivity contribution in [1.29, 1.82) is 0 Å². The third-order valence-electron chi connectivity index (χ3n) is 19.2. The molecule has 0 aliphatic heterocycles. The number of rotatable bonds is 25. The molecule has 6 rings (SSSR count). The largest absolute Gasteiger partial charge is 0.316 e. The summed E-state index contributed by atoms with van der Waals surface area (Å²) >= 11 is 0. The standard InChI is InChI=1S/C62H107NSi/c1-14-16-18-20-22-24-26-28-30-35-39-62(40-36-31-29-27-25-23-21-19-17-15-2)54-44-50-47(3)48(4)58(64(12,13)63(59(5,6)7)49-37-33-32-34-38-49)53(50)43-51(54)52-45-56-57(46-55(52)62)61(10,11)42-41-60(56,8)9/h43-50,53,58H,14-42H2,1-13H3. The van der Waals surface area contributed by atoms with E-state index >= 15 is 0 Å². The number of unbranched alkanes of at least 4 members (excludes halogenated alkanes) is 18. The smallest absolute Gasteiger partial charge is 0.127 e. The van der Waals surface area contributed by atoms with Gasteiger partial charge in [-0.05, 0) is 133 Å². The van der Waals surface area contributed by atoms with Crippen LogP contribution in [0.4, 0.5) is 0 Å². The minimum absolute atomic E-state index is 0.159. The Labute approximate surface area is 401 Å². The van der Waals surface area contributed by atoms with E-state index in [1.807, 2.05) is 5.57 Å². The van der Waals surface area contributed by atoms with Crippen molar-refractivity contribution in [2.75, 3.05) is 0 Å². The summed E-state index contributed by atoms with van der Waals surface area (Å²) in [7, 11) is -1.91. The minimum atomic E-state index is -1.91. The highest BCUT2D eigenvalue weighted by atomic mass is 28.3. The van der Waals surface area contributed by atoms with Crippen LogP contribution in [0.25, 0.3) is 5.57 Å². The number of nitrogens with zero attached hydrogens (tertiary/aromatic N) is 1. The summed E-state index contributed by atoms with van der Waals surface area (Å²) < 4.78 is 3.22. The summed E-state index contributed by atoms with van der Waals surface area (Å²) in [5.41, 5.74) is 11.9. The van der Waals surface area contributed by atoms with Gasteiger partial charge in [0.05, 0.1) is 0 Å². The molecule has 0 spiro atoms. The number of benzene rings is 1. The van der Waals surface area contributed by atoms with Gasteiger partial charge >= 0.3 is 0 Å². The average Bonchev–Trinajstić information content (AvgIpc) is 3.65. The average molecular weight is 895 g/mol. The summed E-state index contributed by atoms with van der Waals surface area (Å²) in [5.74, 6) is 2.79. The zero-order valence-electron chi connectivity index (χ0n) is 45.2. The summed E-state index contributed by atoms with van der Waals surface area (Å²) in [4.78, 5) is 0. The van der Waals surface area contributed by atoms with Gasteiger partial charge in [-0.2, -0.15) is 0 Å². The van der Waals surface area contributed by atoms with Crippen LogP contribution in [0, 0.1) is 23.7 Å². The van der Waals surface area contributed by atoms with Crippen LogP contribution in [0.5, 0.6) is 0 Å². The van der Waals surface area contributed by atoms with Gasteiger partial charge in [-0.15, -0.1) is 0 Å². The summed E-state index contributed by atoms with van der Waals surface area (Å²) in [5, 5.41) is 0. The van der Waals surface area contributed by atoms with Gasteiger partial charge in [-0.1, -0.05) is 240 Å². The highest BCUT2D eigenvalue weighted by Crippen LogP contribution is 2.65. The van der Waals surface area contributed by atoms with Gasteiger partial charge in [0.25, 0.3) is 0 Å². The van der Waals surface area contributed by atoms with E-state index in [1.54, 1.807) is 27.8 Å². The molecule has 0 saturated heterocycles. The quantitative estimate of drug-likeness (QED) is 0.0698. The molecule has 5 aliphatic carbocycles. The van der Waals surface area contributed by atoms with Crippen LogP contribution >= 0.6 is 0 Å². The zero-order chi connectivity index (χ0) is 46.3. The molecule has 0 heterocycles. The van der Waals surface area contributed by atoms with Crippen molar-refractivity contribution in [2.45, 2.75) is 309 Å². The van der Waals surface area contributed by atoms with E-state index in [1.165, 1.54) is 186 Å². The van der Waals surface area contributed by atoms with E-state index < -0.39 is 8.24 Å². The first-order valence-corrected chi connectivity index (χ1v) is 31.9. The Balaban J connectivity index is 1.38. The lowest BCUT2D eigenvalue weighted by molar-refractivity contribution is 0.138. The molecular weight excluding hydrogens is 787 g/mol. The molecule has 5 atom stereocenters. The SMILES string of the molecule is CCCCCCCCCCCCC1(CCCCCCCCCCCC)C2=CC3C(C)C(C)C([Si](C)(C)N(C4CCCCC4)C(C)(C)C)C3C=C2c2cc3c(cc21)C(C)(C)CCC3(C)C. The highest BCUT2D eigenvalue weighted by Gasteiger charge is 2.59. The Bertz CT molecular complexity index is 1650. The molecule has 0 bridgehead atoms. The van der Waals surface area contributed by atoms with E-state index in [2.05, 4.69) is 118 Å². The third-order valence-corrected chi connectivity index (χ3v) is 24.0. The Morgan fingerprint density at radius 2 is 1.02 bits per heavy atom. The fraction of sp³-hybridized carbons (Fsp3) is 0.839. The van der Waals surface area contributed by atoms with Crippen LogP contribution in [0.15, 0.2) is 29.9 Å². The van der Waals surface area contributed by atoms with Crippen molar-refractivity contribution in [3.05, 3.63) is 52.1 Å². The second-order valence-corrected chi connectivity index (χ2v) is 30.7. The van der Waals surface area contributed by atoms with E-state index in [9.17, 15) is 0 Å². The van der Waals surface area contributed by atoms with E-state index in [0.717, 1.165) is 23.4 Å². The first-order valence-electron chi connectivity index (χ1n) is 28.9. The molecule has 1 nitrogen and oxygen atoms in total. The second kappa shape index (κ2) is 22.5. The van der Waals surface area contributed by atoms with Crippen molar-refractivity contribution in [2.24, 2.45) is 23.7 Å². The molecule has 0 radical (unpaired) electrons. The van der Waals surface area contributed by atoms with Crippen LogP contribution in [0.2, 0.25) is 18.6 Å². The maximum absolute atomic E-state index is 3.22. The van der Waals surface area contributed by atoms with Crippen LogP contribution in [0.3, 0.4) is 0 Å². The summed E-state index contributed by atoms with van der Waals surface area (Å²) in [6.07, 6.45) is 46.9. The van der Waals surface area contributed by atoms with Gasteiger partial charge in [0.1, 0.15) is 8.24 Å². The number of allylic oxidation sites excluding steroid dienone is 4.